The minimum absolute atomic E-state index is 0.00621. The average Bonchev–Trinajstić information content (AvgIpc) is 2.88. The highest BCUT2D eigenvalue weighted by atomic mass is 16.5. The topological polar surface area (TPSA) is 65.2 Å². The van der Waals surface area contributed by atoms with Crippen molar-refractivity contribution in [2.75, 3.05) is 6.61 Å². The first-order chi connectivity index (χ1) is 9.13. The van der Waals surface area contributed by atoms with E-state index in [1.54, 1.807) is 6.92 Å². The Labute approximate surface area is 111 Å². The van der Waals surface area contributed by atoms with Crippen LogP contribution in [-0.2, 0) is 4.79 Å². The van der Waals surface area contributed by atoms with Crippen molar-refractivity contribution in [2.45, 2.75) is 26.7 Å². The first-order valence-electron chi connectivity index (χ1n) is 6.19. The van der Waals surface area contributed by atoms with Crippen LogP contribution in [-0.4, -0.2) is 22.5 Å². The van der Waals surface area contributed by atoms with Crippen molar-refractivity contribution in [2.24, 2.45) is 0 Å². The summed E-state index contributed by atoms with van der Waals surface area (Å²) in [6.07, 6.45) is 0. The summed E-state index contributed by atoms with van der Waals surface area (Å²) >= 11 is 0. The van der Waals surface area contributed by atoms with E-state index in [0.717, 1.165) is 5.56 Å². The molecule has 0 saturated carbocycles. The molecule has 1 atom stereocenters. The third-order valence-electron chi connectivity index (χ3n) is 2.85. The summed E-state index contributed by atoms with van der Waals surface area (Å²) in [6, 6.07) is 7.47. The molecule has 0 aliphatic rings. The van der Waals surface area contributed by atoms with Crippen LogP contribution in [0.25, 0.3) is 11.4 Å². The van der Waals surface area contributed by atoms with Crippen LogP contribution in [0.5, 0.6) is 5.75 Å². The monoisotopic (exact) mass is 260 g/mol. The number of para-hydroxylation sites is 1. The second-order valence-electron chi connectivity index (χ2n) is 4.22. The largest absolute Gasteiger partial charge is 0.493 e. The first kappa shape index (κ1) is 13.3. The summed E-state index contributed by atoms with van der Waals surface area (Å²) in [5.74, 6) is 1.07. The Hall–Kier alpha value is -2.17. The van der Waals surface area contributed by atoms with Crippen molar-refractivity contribution in [3.05, 3.63) is 30.2 Å². The molecule has 2 aromatic rings. The summed E-state index contributed by atoms with van der Waals surface area (Å²) < 4.78 is 10.7. The van der Waals surface area contributed by atoms with E-state index < -0.39 is 0 Å². The fraction of sp³-hybridized carbons (Fsp3) is 0.357. The molecule has 1 aromatic carbocycles. The minimum atomic E-state index is -0.388. The maximum absolute atomic E-state index is 11.3. The molecule has 5 nitrogen and oxygen atoms in total. The van der Waals surface area contributed by atoms with E-state index in [0.29, 0.717) is 24.1 Å². The number of carbonyl (C=O) groups excluding carboxylic acids is 1. The Balaban J connectivity index is 2.35. The molecule has 0 spiro atoms. The molecule has 1 heterocycles. The minimum Gasteiger partial charge on any atom is -0.493 e. The van der Waals surface area contributed by atoms with Crippen molar-refractivity contribution in [1.82, 2.24) is 10.1 Å². The molecule has 1 unspecified atom stereocenters. The molecule has 5 heteroatoms. The number of ketones is 1. The van der Waals surface area contributed by atoms with Gasteiger partial charge in [0, 0.05) is 0 Å². The molecule has 2 rings (SSSR count). The van der Waals surface area contributed by atoms with Gasteiger partial charge >= 0.3 is 0 Å². The average molecular weight is 260 g/mol. The normalized spacial score (nSPS) is 12.2. The van der Waals surface area contributed by atoms with Gasteiger partial charge in [-0.05, 0) is 32.9 Å². The molecule has 0 bridgehead atoms. The Bertz CT molecular complexity index is 578. The predicted molar refractivity (Wildman–Crippen MR) is 70.0 cm³/mol. The number of hydrogen-bond acceptors (Lipinski definition) is 5. The molecular weight excluding hydrogens is 244 g/mol. The lowest BCUT2D eigenvalue weighted by Crippen LogP contribution is -2.04. The van der Waals surface area contributed by atoms with E-state index in [2.05, 4.69) is 10.1 Å². The van der Waals surface area contributed by atoms with Crippen molar-refractivity contribution < 1.29 is 14.1 Å². The van der Waals surface area contributed by atoms with Crippen molar-refractivity contribution in [3.8, 4) is 17.1 Å². The quantitative estimate of drug-likeness (QED) is 0.827. The molecule has 19 heavy (non-hydrogen) atoms. The second-order valence-corrected chi connectivity index (χ2v) is 4.22. The summed E-state index contributed by atoms with van der Waals surface area (Å²) in [5, 5.41) is 3.91. The summed E-state index contributed by atoms with van der Waals surface area (Å²) in [6.45, 7) is 5.72. The van der Waals surface area contributed by atoms with Gasteiger partial charge in [-0.1, -0.05) is 17.3 Å². The lowest BCUT2D eigenvalue weighted by Gasteiger charge is -2.06. The van der Waals surface area contributed by atoms with Crippen LogP contribution in [0, 0.1) is 0 Å². The van der Waals surface area contributed by atoms with Gasteiger partial charge in [-0.15, -0.1) is 0 Å². The molecule has 1 aromatic heterocycles. The maximum atomic E-state index is 11.3. The first-order valence-corrected chi connectivity index (χ1v) is 6.19. The van der Waals surface area contributed by atoms with Crippen LogP contribution in [0.1, 0.15) is 32.6 Å². The zero-order valence-corrected chi connectivity index (χ0v) is 11.2. The van der Waals surface area contributed by atoms with Gasteiger partial charge in [0.2, 0.25) is 11.7 Å². The maximum Gasteiger partial charge on any atom is 0.237 e. The SMILES string of the molecule is CCOc1ccccc1-c1noc(C(C)C(C)=O)n1. The lowest BCUT2D eigenvalue weighted by atomic mass is 10.1. The number of aromatic nitrogens is 2. The number of rotatable bonds is 5. The van der Waals surface area contributed by atoms with Crippen LogP contribution in [0.4, 0.5) is 0 Å². The zero-order chi connectivity index (χ0) is 13.8. The van der Waals surface area contributed by atoms with Gasteiger partial charge < -0.3 is 9.26 Å². The molecule has 0 fully saturated rings. The molecule has 0 saturated heterocycles. The van der Waals surface area contributed by atoms with Crippen molar-refractivity contribution in [1.29, 1.82) is 0 Å². The van der Waals surface area contributed by atoms with Crippen molar-refractivity contribution >= 4 is 5.78 Å². The summed E-state index contributed by atoms with van der Waals surface area (Å²) in [4.78, 5) is 15.6. The van der Waals surface area contributed by atoms with Gasteiger partial charge in [0.25, 0.3) is 0 Å². The van der Waals surface area contributed by atoms with Gasteiger partial charge in [-0.3, -0.25) is 4.79 Å². The fourth-order valence-corrected chi connectivity index (χ4v) is 1.63. The van der Waals surface area contributed by atoms with Gasteiger partial charge in [-0.2, -0.15) is 4.98 Å². The molecule has 0 aliphatic carbocycles. The van der Waals surface area contributed by atoms with E-state index >= 15 is 0 Å². The van der Waals surface area contributed by atoms with E-state index in [9.17, 15) is 4.79 Å². The van der Waals surface area contributed by atoms with Gasteiger partial charge in [0.05, 0.1) is 18.1 Å². The number of hydrogen-bond donors (Lipinski definition) is 0. The van der Waals surface area contributed by atoms with Gasteiger partial charge in [-0.25, -0.2) is 0 Å². The fourth-order valence-electron chi connectivity index (χ4n) is 1.63. The molecule has 0 radical (unpaired) electrons. The smallest absolute Gasteiger partial charge is 0.237 e. The molecule has 0 N–H and O–H groups in total. The number of benzene rings is 1. The Morgan fingerprint density at radius 3 is 2.84 bits per heavy atom. The molecule has 0 aliphatic heterocycles. The van der Waals surface area contributed by atoms with E-state index in [-0.39, 0.29) is 11.7 Å². The standard InChI is InChI=1S/C14H16N2O3/c1-4-18-12-8-6-5-7-11(12)13-15-14(19-16-13)9(2)10(3)17/h5-9H,4H2,1-3H3. The number of ether oxygens (including phenoxy) is 1. The third kappa shape index (κ3) is 2.81. The number of Topliss-reactive ketones (excluding diaryl/α,β-unsaturated/α-hetero) is 1. The van der Waals surface area contributed by atoms with Crippen LogP contribution in [0.15, 0.2) is 28.8 Å². The van der Waals surface area contributed by atoms with E-state index in [1.165, 1.54) is 6.92 Å². The third-order valence-corrected chi connectivity index (χ3v) is 2.85. The van der Waals surface area contributed by atoms with E-state index in [1.807, 2.05) is 31.2 Å². The summed E-state index contributed by atoms with van der Waals surface area (Å²) in [5.41, 5.74) is 0.759. The van der Waals surface area contributed by atoms with Gasteiger partial charge in [0.1, 0.15) is 11.5 Å². The molecule has 100 valence electrons. The predicted octanol–water partition coefficient (Wildman–Crippen LogP) is 2.83. The highest BCUT2D eigenvalue weighted by molar-refractivity contribution is 5.81. The van der Waals surface area contributed by atoms with Crippen LogP contribution >= 0.6 is 0 Å². The molecule has 0 amide bonds. The van der Waals surface area contributed by atoms with Crippen LogP contribution < -0.4 is 4.74 Å². The number of nitrogens with zero attached hydrogens (tertiary/aromatic N) is 2. The Morgan fingerprint density at radius 1 is 1.42 bits per heavy atom. The summed E-state index contributed by atoms with van der Waals surface area (Å²) in [7, 11) is 0. The lowest BCUT2D eigenvalue weighted by molar-refractivity contribution is -0.118. The van der Waals surface area contributed by atoms with Crippen LogP contribution in [0.2, 0.25) is 0 Å². The molecular formula is C14H16N2O3. The Morgan fingerprint density at radius 2 is 2.16 bits per heavy atom. The highest BCUT2D eigenvalue weighted by Gasteiger charge is 2.20. The van der Waals surface area contributed by atoms with E-state index in [4.69, 9.17) is 9.26 Å². The Kier molecular flexibility index (Phi) is 3.94. The van der Waals surface area contributed by atoms with Gasteiger partial charge in [0.15, 0.2) is 0 Å². The zero-order valence-electron chi connectivity index (χ0n) is 11.2. The second kappa shape index (κ2) is 5.65. The van der Waals surface area contributed by atoms with Crippen LogP contribution in [0.3, 0.4) is 0 Å². The highest BCUT2D eigenvalue weighted by Crippen LogP contribution is 2.28. The van der Waals surface area contributed by atoms with Crippen molar-refractivity contribution in [3.63, 3.8) is 0 Å². The number of carbonyl (C=O) groups is 1.